The quantitative estimate of drug-likeness (QED) is 0.649. The van der Waals surface area contributed by atoms with Gasteiger partial charge in [0.1, 0.15) is 5.84 Å². The van der Waals surface area contributed by atoms with Crippen molar-refractivity contribution < 1.29 is 4.74 Å². The Morgan fingerprint density at radius 2 is 2.00 bits per heavy atom. The number of rotatable bonds is 2. The number of hydrogen-bond donors (Lipinski definition) is 2. The molecule has 3 N–H and O–H groups in total. The summed E-state index contributed by atoms with van der Waals surface area (Å²) in [7, 11) is 0. The number of fused-ring (bicyclic) bond motifs is 2. The number of halogens is 1. The highest BCUT2D eigenvalue weighted by atomic mass is 79.9. The van der Waals surface area contributed by atoms with Crippen molar-refractivity contribution in [1.29, 1.82) is 5.41 Å². The molecule has 0 amide bonds. The molecule has 3 rings (SSSR count). The molecule has 2 atom stereocenters. The largest absolute Gasteiger partial charge is 0.384 e. The van der Waals surface area contributed by atoms with Crippen LogP contribution in [-0.2, 0) is 4.74 Å². The molecule has 2 bridgehead atoms. The van der Waals surface area contributed by atoms with E-state index in [1.165, 1.54) is 0 Å². The first-order valence-electron chi connectivity index (χ1n) is 6.18. The van der Waals surface area contributed by atoms with Crippen LogP contribution in [0.3, 0.4) is 0 Å². The monoisotopic (exact) mass is 309 g/mol. The zero-order valence-electron chi connectivity index (χ0n) is 10.0. The number of benzene rings is 1. The van der Waals surface area contributed by atoms with E-state index in [0.717, 1.165) is 41.7 Å². The van der Waals surface area contributed by atoms with Gasteiger partial charge in [-0.2, -0.15) is 0 Å². The Bertz CT molecular complexity index is 479. The van der Waals surface area contributed by atoms with Crippen LogP contribution in [0.4, 0.5) is 5.69 Å². The normalized spacial score (nSPS) is 26.4. The molecule has 2 aliphatic rings. The number of nitrogen functional groups attached to an aromatic ring is 1. The van der Waals surface area contributed by atoms with Gasteiger partial charge in [0.15, 0.2) is 0 Å². The molecule has 18 heavy (non-hydrogen) atoms. The van der Waals surface area contributed by atoms with Crippen LogP contribution in [0.1, 0.15) is 18.4 Å². The Morgan fingerprint density at radius 3 is 2.61 bits per heavy atom. The molecule has 0 spiro atoms. The van der Waals surface area contributed by atoms with E-state index >= 15 is 0 Å². The summed E-state index contributed by atoms with van der Waals surface area (Å²) in [5.74, 6) is 0.116. The van der Waals surface area contributed by atoms with Crippen molar-refractivity contribution in [2.45, 2.75) is 25.0 Å². The van der Waals surface area contributed by atoms with E-state index in [0.29, 0.717) is 12.2 Å². The highest BCUT2D eigenvalue weighted by molar-refractivity contribution is 9.10. The summed E-state index contributed by atoms with van der Waals surface area (Å²) in [5, 5.41) is 7.71. The average Bonchev–Trinajstić information content (AvgIpc) is 2.68. The molecule has 2 aliphatic heterocycles. The number of nitrogens with zero attached hydrogens (tertiary/aromatic N) is 1. The van der Waals surface area contributed by atoms with Crippen LogP contribution in [0, 0.1) is 5.41 Å². The van der Waals surface area contributed by atoms with E-state index in [-0.39, 0.29) is 5.84 Å². The molecular weight excluding hydrogens is 294 g/mol. The Kier molecular flexibility index (Phi) is 3.03. The standard InChI is InChI=1S/C13H16BrN3O/c14-8-1-4-12(11(5-8)13(15)16)17-6-9-2-3-10(7-17)18-9/h1,4-5,9-10H,2-3,6-7H2,(H3,15,16). The van der Waals surface area contributed by atoms with Crippen molar-refractivity contribution in [1.82, 2.24) is 0 Å². The number of anilines is 1. The third-order valence-electron chi connectivity index (χ3n) is 3.63. The highest BCUT2D eigenvalue weighted by Crippen LogP contribution is 2.32. The molecule has 2 unspecified atom stereocenters. The molecule has 96 valence electrons. The van der Waals surface area contributed by atoms with Gasteiger partial charge < -0.3 is 15.4 Å². The zero-order valence-corrected chi connectivity index (χ0v) is 11.6. The minimum Gasteiger partial charge on any atom is -0.384 e. The number of amidine groups is 1. The number of ether oxygens (including phenoxy) is 1. The molecule has 0 radical (unpaired) electrons. The van der Waals surface area contributed by atoms with E-state index in [2.05, 4.69) is 20.8 Å². The molecule has 0 aliphatic carbocycles. The van der Waals surface area contributed by atoms with Crippen LogP contribution in [0.15, 0.2) is 22.7 Å². The predicted molar refractivity (Wildman–Crippen MR) is 75.3 cm³/mol. The fraction of sp³-hybridized carbons (Fsp3) is 0.462. The van der Waals surface area contributed by atoms with Crippen molar-refractivity contribution in [3.05, 3.63) is 28.2 Å². The Balaban J connectivity index is 1.94. The van der Waals surface area contributed by atoms with E-state index in [9.17, 15) is 0 Å². The Morgan fingerprint density at radius 1 is 1.33 bits per heavy atom. The van der Waals surface area contributed by atoms with Gasteiger partial charge in [0.25, 0.3) is 0 Å². The fourth-order valence-corrected chi connectivity index (χ4v) is 3.17. The zero-order chi connectivity index (χ0) is 12.7. The summed E-state index contributed by atoms with van der Waals surface area (Å²) in [6.45, 7) is 1.80. The van der Waals surface area contributed by atoms with E-state index in [1.54, 1.807) is 0 Å². The van der Waals surface area contributed by atoms with Gasteiger partial charge in [0.05, 0.1) is 12.2 Å². The molecule has 5 heteroatoms. The second-order valence-corrected chi connectivity index (χ2v) is 5.85. The van der Waals surface area contributed by atoms with Crippen LogP contribution >= 0.6 is 15.9 Å². The van der Waals surface area contributed by atoms with Crippen LogP contribution in [-0.4, -0.2) is 31.1 Å². The second kappa shape index (κ2) is 4.55. The van der Waals surface area contributed by atoms with Crippen molar-refractivity contribution >= 4 is 27.5 Å². The van der Waals surface area contributed by atoms with Crippen LogP contribution in [0.5, 0.6) is 0 Å². The fourth-order valence-electron chi connectivity index (χ4n) is 2.81. The van der Waals surface area contributed by atoms with Crippen molar-refractivity contribution in [3.63, 3.8) is 0 Å². The van der Waals surface area contributed by atoms with Gasteiger partial charge in [0.2, 0.25) is 0 Å². The topological polar surface area (TPSA) is 62.3 Å². The van der Waals surface area contributed by atoms with Gasteiger partial charge in [-0.05, 0) is 31.0 Å². The lowest BCUT2D eigenvalue weighted by Crippen LogP contribution is -2.43. The second-order valence-electron chi connectivity index (χ2n) is 4.94. The third kappa shape index (κ3) is 2.12. The maximum atomic E-state index is 7.71. The molecule has 2 heterocycles. The first-order valence-corrected chi connectivity index (χ1v) is 6.97. The summed E-state index contributed by atoms with van der Waals surface area (Å²) in [6.07, 6.45) is 2.97. The Labute approximate surface area is 115 Å². The molecule has 1 aromatic rings. The molecule has 2 saturated heterocycles. The van der Waals surface area contributed by atoms with Gasteiger partial charge in [0, 0.05) is 28.8 Å². The van der Waals surface area contributed by atoms with Crippen LogP contribution in [0.2, 0.25) is 0 Å². The van der Waals surface area contributed by atoms with Gasteiger partial charge in [-0.1, -0.05) is 15.9 Å². The lowest BCUT2D eigenvalue weighted by molar-refractivity contribution is 0.0305. The van der Waals surface area contributed by atoms with Crippen molar-refractivity contribution in [2.75, 3.05) is 18.0 Å². The van der Waals surface area contributed by atoms with Gasteiger partial charge in [-0.15, -0.1) is 0 Å². The SMILES string of the molecule is N=C(N)c1cc(Br)ccc1N1CC2CCC(C1)O2. The number of nitrogens with one attached hydrogen (secondary N) is 1. The maximum Gasteiger partial charge on any atom is 0.124 e. The average molecular weight is 310 g/mol. The number of nitrogens with two attached hydrogens (primary N) is 1. The van der Waals surface area contributed by atoms with Crippen molar-refractivity contribution in [3.8, 4) is 0 Å². The smallest absolute Gasteiger partial charge is 0.124 e. The van der Waals surface area contributed by atoms with Gasteiger partial charge in [-0.3, -0.25) is 5.41 Å². The van der Waals surface area contributed by atoms with Crippen LogP contribution < -0.4 is 10.6 Å². The minimum absolute atomic E-state index is 0.116. The third-order valence-corrected chi connectivity index (χ3v) is 4.13. The molecular formula is C13H16BrN3O. The molecule has 0 aromatic heterocycles. The summed E-state index contributed by atoms with van der Waals surface area (Å²) >= 11 is 3.43. The van der Waals surface area contributed by atoms with Gasteiger partial charge in [-0.25, -0.2) is 0 Å². The van der Waals surface area contributed by atoms with Crippen LogP contribution in [0.25, 0.3) is 0 Å². The minimum atomic E-state index is 0.116. The van der Waals surface area contributed by atoms with E-state index < -0.39 is 0 Å². The molecule has 2 fully saturated rings. The molecule has 1 aromatic carbocycles. The lowest BCUT2D eigenvalue weighted by Gasteiger charge is -2.35. The number of hydrogen-bond acceptors (Lipinski definition) is 3. The molecule has 4 nitrogen and oxygen atoms in total. The lowest BCUT2D eigenvalue weighted by atomic mass is 10.1. The molecule has 0 saturated carbocycles. The maximum absolute atomic E-state index is 7.71. The summed E-state index contributed by atoms with van der Waals surface area (Å²) in [5.41, 5.74) is 7.52. The number of morpholine rings is 1. The first kappa shape index (κ1) is 12.0. The van der Waals surface area contributed by atoms with E-state index in [4.69, 9.17) is 15.9 Å². The predicted octanol–water partition coefficient (Wildman–Crippen LogP) is 2.10. The summed E-state index contributed by atoms with van der Waals surface area (Å²) in [4.78, 5) is 2.30. The van der Waals surface area contributed by atoms with Crippen molar-refractivity contribution in [2.24, 2.45) is 5.73 Å². The first-order chi connectivity index (χ1) is 8.63. The van der Waals surface area contributed by atoms with Gasteiger partial charge >= 0.3 is 0 Å². The highest BCUT2D eigenvalue weighted by Gasteiger charge is 2.34. The van der Waals surface area contributed by atoms with E-state index in [1.807, 2.05) is 18.2 Å². The summed E-state index contributed by atoms with van der Waals surface area (Å²) < 4.78 is 6.79. The Hall–Kier alpha value is -1.07. The summed E-state index contributed by atoms with van der Waals surface area (Å²) in [6, 6.07) is 5.94.